The second-order valence-corrected chi connectivity index (χ2v) is 4.52. The lowest BCUT2D eigenvalue weighted by atomic mass is 10.1. The van der Waals surface area contributed by atoms with Crippen molar-refractivity contribution in [2.45, 2.75) is 25.2 Å². The van der Waals surface area contributed by atoms with Crippen molar-refractivity contribution in [2.75, 3.05) is 13.2 Å². The molecule has 2 aromatic heterocycles. The lowest BCUT2D eigenvalue weighted by Crippen LogP contribution is -2.08. The average molecular weight is 262 g/mol. The second-order valence-electron chi connectivity index (χ2n) is 4.52. The molecule has 0 spiro atoms. The molecule has 2 aromatic rings. The van der Waals surface area contributed by atoms with Gasteiger partial charge in [-0.3, -0.25) is 4.79 Å². The van der Waals surface area contributed by atoms with E-state index in [1.165, 1.54) is 6.07 Å². The number of rotatable bonds is 4. The minimum atomic E-state index is -0.204. The molecule has 7 heteroatoms. The lowest BCUT2D eigenvalue weighted by Gasteiger charge is -1.97. The molecule has 0 aliphatic carbocycles. The number of aryl methyl sites for hydroxylation is 2. The fraction of sp³-hybridized carbons (Fsp3) is 0.500. The van der Waals surface area contributed by atoms with Crippen LogP contribution in [0.5, 0.6) is 0 Å². The average Bonchev–Trinajstić information content (AvgIpc) is 3.09. The van der Waals surface area contributed by atoms with Gasteiger partial charge in [0.05, 0.1) is 12.3 Å². The molecule has 0 amide bonds. The van der Waals surface area contributed by atoms with Crippen LogP contribution in [0.3, 0.4) is 0 Å². The van der Waals surface area contributed by atoms with Gasteiger partial charge in [0, 0.05) is 31.4 Å². The van der Waals surface area contributed by atoms with Crippen molar-refractivity contribution in [2.24, 2.45) is 0 Å². The SMILES string of the molecule is O=c1ccc(CCc2nc([C@@H]3CCOC3)no2)n[nH]1. The van der Waals surface area contributed by atoms with Crippen LogP contribution >= 0.6 is 0 Å². The first-order chi connectivity index (χ1) is 9.31. The van der Waals surface area contributed by atoms with E-state index >= 15 is 0 Å². The van der Waals surface area contributed by atoms with Crippen LogP contribution in [0.25, 0.3) is 0 Å². The van der Waals surface area contributed by atoms with Gasteiger partial charge in [-0.2, -0.15) is 10.1 Å². The summed E-state index contributed by atoms with van der Waals surface area (Å²) in [4.78, 5) is 15.2. The highest BCUT2D eigenvalue weighted by Gasteiger charge is 2.22. The molecule has 0 unspecified atom stereocenters. The summed E-state index contributed by atoms with van der Waals surface area (Å²) in [5, 5.41) is 10.3. The number of hydrogen-bond acceptors (Lipinski definition) is 6. The van der Waals surface area contributed by atoms with Gasteiger partial charge >= 0.3 is 0 Å². The van der Waals surface area contributed by atoms with Crippen LogP contribution in [0.1, 0.15) is 29.7 Å². The highest BCUT2D eigenvalue weighted by atomic mass is 16.5. The van der Waals surface area contributed by atoms with Crippen molar-refractivity contribution >= 4 is 0 Å². The molecule has 0 saturated carbocycles. The van der Waals surface area contributed by atoms with Crippen LogP contribution in [0.2, 0.25) is 0 Å². The van der Waals surface area contributed by atoms with Gasteiger partial charge in [-0.15, -0.1) is 0 Å². The third kappa shape index (κ3) is 2.87. The summed E-state index contributed by atoms with van der Waals surface area (Å²) in [5.74, 6) is 1.57. The van der Waals surface area contributed by atoms with Gasteiger partial charge in [0.25, 0.3) is 5.56 Å². The Morgan fingerprint density at radius 2 is 2.32 bits per heavy atom. The normalized spacial score (nSPS) is 18.8. The third-order valence-corrected chi connectivity index (χ3v) is 3.11. The van der Waals surface area contributed by atoms with E-state index in [4.69, 9.17) is 9.26 Å². The zero-order chi connectivity index (χ0) is 13.1. The molecule has 1 saturated heterocycles. The predicted octanol–water partition coefficient (Wildman–Crippen LogP) is 0.442. The quantitative estimate of drug-likeness (QED) is 0.859. The van der Waals surface area contributed by atoms with Crippen LogP contribution in [-0.2, 0) is 17.6 Å². The van der Waals surface area contributed by atoms with Gasteiger partial charge in [0.2, 0.25) is 5.89 Å². The van der Waals surface area contributed by atoms with Crippen molar-refractivity contribution < 1.29 is 9.26 Å². The molecule has 100 valence electrons. The summed E-state index contributed by atoms with van der Waals surface area (Å²) in [6.07, 6.45) is 2.21. The van der Waals surface area contributed by atoms with E-state index in [1.807, 2.05) is 0 Å². The summed E-state index contributed by atoms with van der Waals surface area (Å²) in [6.45, 7) is 1.43. The summed E-state index contributed by atoms with van der Waals surface area (Å²) in [6, 6.07) is 3.15. The van der Waals surface area contributed by atoms with Crippen molar-refractivity contribution in [1.29, 1.82) is 0 Å². The number of nitrogens with zero attached hydrogens (tertiary/aromatic N) is 3. The molecule has 0 aromatic carbocycles. The smallest absolute Gasteiger partial charge is 0.264 e. The van der Waals surface area contributed by atoms with E-state index in [-0.39, 0.29) is 11.5 Å². The zero-order valence-electron chi connectivity index (χ0n) is 10.3. The number of nitrogens with one attached hydrogen (secondary N) is 1. The third-order valence-electron chi connectivity index (χ3n) is 3.11. The molecular weight excluding hydrogens is 248 g/mol. The Morgan fingerprint density at radius 1 is 1.37 bits per heavy atom. The number of H-pyrrole nitrogens is 1. The molecule has 1 N–H and O–H groups in total. The van der Waals surface area contributed by atoms with Crippen LogP contribution in [0, 0.1) is 0 Å². The van der Waals surface area contributed by atoms with Gasteiger partial charge in [-0.05, 0) is 12.5 Å². The molecule has 1 atom stereocenters. The van der Waals surface area contributed by atoms with Crippen molar-refractivity contribution in [3.05, 3.63) is 39.9 Å². The summed E-state index contributed by atoms with van der Waals surface area (Å²) in [5.41, 5.74) is 0.591. The molecule has 0 radical (unpaired) electrons. The molecule has 1 aliphatic rings. The maximum atomic E-state index is 10.9. The van der Waals surface area contributed by atoms with Crippen LogP contribution in [0.15, 0.2) is 21.5 Å². The van der Waals surface area contributed by atoms with Gasteiger partial charge in [0.1, 0.15) is 0 Å². The Labute approximate surface area is 109 Å². The van der Waals surface area contributed by atoms with Gasteiger partial charge in [-0.1, -0.05) is 5.16 Å². The summed E-state index contributed by atoms with van der Waals surface area (Å²) < 4.78 is 10.5. The largest absolute Gasteiger partial charge is 0.381 e. The highest BCUT2D eigenvalue weighted by molar-refractivity contribution is 5.02. The predicted molar refractivity (Wildman–Crippen MR) is 64.7 cm³/mol. The minimum Gasteiger partial charge on any atom is -0.381 e. The molecular formula is C12H14N4O3. The lowest BCUT2D eigenvalue weighted by molar-refractivity contribution is 0.192. The monoisotopic (exact) mass is 262 g/mol. The number of aromatic nitrogens is 4. The first-order valence-electron chi connectivity index (χ1n) is 6.26. The fourth-order valence-electron chi connectivity index (χ4n) is 2.02. The van der Waals surface area contributed by atoms with E-state index in [9.17, 15) is 4.79 Å². The van der Waals surface area contributed by atoms with E-state index in [2.05, 4.69) is 20.3 Å². The van der Waals surface area contributed by atoms with Crippen molar-refractivity contribution in [3.8, 4) is 0 Å². The fourth-order valence-corrected chi connectivity index (χ4v) is 2.02. The standard InChI is InChI=1S/C12H14N4O3/c17-10-3-1-9(14-15-10)2-4-11-13-12(16-19-11)8-5-6-18-7-8/h1,3,8H,2,4-7H2,(H,15,17)/t8-/m1/s1. The summed E-state index contributed by atoms with van der Waals surface area (Å²) in [7, 11) is 0. The Hall–Kier alpha value is -2.02. The Balaban J connectivity index is 1.60. The molecule has 7 nitrogen and oxygen atoms in total. The van der Waals surface area contributed by atoms with E-state index in [1.54, 1.807) is 6.07 Å². The Morgan fingerprint density at radius 3 is 3.05 bits per heavy atom. The van der Waals surface area contributed by atoms with Crippen molar-refractivity contribution in [1.82, 2.24) is 20.3 Å². The van der Waals surface area contributed by atoms with Gasteiger partial charge in [-0.25, -0.2) is 5.10 Å². The maximum Gasteiger partial charge on any atom is 0.264 e. The van der Waals surface area contributed by atoms with Gasteiger partial charge < -0.3 is 9.26 Å². The van der Waals surface area contributed by atoms with Crippen molar-refractivity contribution in [3.63, 3.8) is 0 Å². The first-order valence-corrected chi connectivity index (χ1v) is 6.26. The maximum absolute atomic E-state index is 10.9. The number of hydrogen-bond donors (Lipinski definition) is 1. The minimum absolute atomic E-state index is 0.204. The van der Waals surface area contributed by atoms with E-state index in [0.29, 0.717) is 25.3 Å². The molecule has 19 heavy (non-hydrogen) atoms. The van der Waals surface area contributed by atoms with Crippen LogP contribution in [0.4, 0.5) is 0 Å². The first kappa shape index (κ1) is 12.0. The van der Waals surface area contributed by atoms with E-state index in [0.717, 1.165) is 24.5 Å². The molecule has 3 rings (SSSR count). The number of ether oxygens (including phenoxy) is 1. The van der Waals surface area contributed by atoms with Gasteiger partial charge in [0.15, 0.2) is 5.82 Å². The highest BCUT2D eigenvalue weighted by Crippen LogP contribution is 2.22. The Bertz CT molecular complexity index is 581. The summed E-state index contributed by atoms with van der Waals surface area (Å²) >= 11 is 0. The molecule has 1 fully saturated rings. The molecule has 0 bridgehead atoms. The topological polar surface area (TPSA) is 93.9 Å². The second kappa shape index (κ2) is 5.31. The van der Waals surface area contributed by atoms with Crippen LogP contribution < -0.4 is 5.56 Å². The molecule has 1 aliphatic heterocycles. The number of aromatic amines is 1. The zero-order valence-corrected chi connectivity index (χ0v) is 10.3. The Kier molecular flexibility index (Phi) is 3.37. The van der Waals surface area contributed by atoms with E-state index < -0.39 is 0 Å². The van der Waals surface area contributed by atoms with Crippen LogP contribution in [-0.4, -0.2) is 33.6 Å². The molecule has 3 heterocycles.